The van der Waals surface area contributed by atoms with Gasteiger partial charge >= 0.3 is 0 Å². The molecule has 0 aliphatic heterocycles. The molecule has 4 nitrogen and oxygen atoms in total. The molecule has 0 bridgehead atoms. The Labute approximate surface area is 97.8 Å². The average Bonchev–Trinajstić information content (AvgIpc) is 2.30. The van der Waals surface area contributed by atoms with Crippen LogP contribution in [0.2, 0.25) is 0 Å². The molecular weight excluding hydrogens is 204 g/mol. The zero-order chi connectivity index (χ0) is 12.2. The standard InChI is InChI=1S/C12H24N2O2/c1-11(2,13-3)10(16)14-12(9-15)7-5-4-6-8-12/h13,15H,4-9H2,1-3H3,(H,14,16). The first-order chi connectivity index (χ1) is 7.46. The van der Waals surface area contributed by atoms with Gasteiger partial charge in [-0.3, -0.25) is 4.79 Å². The third-order valence-corrected chi connectivity index (χ3v) is 3.68. The number of carbonyl (C=O) groups is 1. The van der Waals surface area contributed by atoms with Gasteiger partial charge in [-0.2, -0.15) is 0 Å². The molecule has 0 atom stereocenters. The van der Waals surface area contributed by atoms with Gasteiger partial charge in [-0.1, -0.05) is 19.3 Å². The van der Waals surface area contributed by atoms with Crippen molar-refractivity contribution in [1.29, 1.82) is 0 Å². The predicted octanol–water partition coefficient (Wildman–Crippen LogP) is 0.796. The molecule has 0 aromatic heterocycles. The topological polar surface area (TPSA) is 61.4 Å². The van der Waals surface area contributed by atoms with Crippen molar-refractivity contribution in [2.24, 2.45) is 0 Å². The number of rotatable bonds is 4. The smallest absolute Gasteiger partial charge is 0.240 e. The average molecular weight is 228 g/mol. The lowest BCUT2D eigenvalue weighted by Gasteiger charge is -2.39. The number of hydrogen-bond acceptors (Lipinski definition) is 3. The molecule has 94 valence electrons. The maximum absolute atomic E-state index is 12.0. The zero-order valence-electron chi connectivity index (χ0n) is 10.6. The van der Waals surface area contributed by atoms with Crippen molar-refractivity contribution in [3.8, 4) is 0 Å². The molecular formula is C12H24N2O2. The number of nitrogens with one attached hydrogen (secondary N) is 2. The highest BCUT2D eigenvalue weighted by Crippen LogP contribution is 2.28. The van der Waals surface area contributed by atoms with Crippen LogP contribution in [0.25, 0.3) is 0 Å². The Morgan fingerprint density at radius 1 is 1.31 bits per heavy atom. The number of aliphatic hydroxyl groups is 1. The van der Waals surface area contributed by atoms with Crippen molar-refractivity contribution < 1.29 is 9.90 Å². The van der Waals surface area contributed by atoms with E-state index in [1.807, 2.05) is 13.8 Å². The number of hydrogen-bond donors (Lipinski definition) is 3. The molecule has 1 rings (SSSR count). The SMILES string of the molecule is CNC(C)(C)C(=O)NC1(CO)CCCCC1. The van der Waals surface area contributed by atoms with E-state index < -0.39 is 5.54 Å². The Kier molecular flexibility index (Phi) is 4.33. The van der Waals surface area contributed by atoms with Crippen molar-refractivity contribution in [2.75, 3.05) is 13.7 Å². The molecule has 1 fully saturated rings. The van der Waals surface area contributed by atoms with Gasteiger partial charge in [-0.25, -0.2) is 0 Å². The van der Waals surface area contributed by atoms with E-state index in [0.29, 0.717) is 0 Å². The van der Waals surface area contributed by atoms with Gasteiger partial charge in [0, 0.05) is 0 Å². The van der Waals surface area contributed by atoms with Crippen LogP contribution in [0.5, 0.6) is 0 Å². The van der Waals surface area contributed by atoms with Crippen molar-refractivity contribution in [2.45, 2.75) is 57.0 Å². The van der Waals surface area contributed by atoms with Gasteiger partial charge < -0.3 is 15.7 Å². The van der Waals surface area contributed by atoms with E-state index in [1.54, 1.807) is 7.05 Å². The third kappa shape index (κ3) is 2.95. The minimum absolute atomic E-state index is 0.0362. The molecule has 1 saturated carbocycles. The van der Waals surface area contributed by atoms with Crippen molar-refractivity contribution in [3.05, 3.63) is 0 Å². The molecule has 1 amide bonds. The van der Waals surface area contributed by atoms with Crippen LogP contribution in [0.1, 0.15) is 46.0 Å². The fourth-order valence-electron chi connectivity index (χ4n) is 2.06. The number of likely N-dealkylation sites (N-methyl/N-ethyl adjacent to an activating group) is 1. The van der Waals surface area contributed by atoms with Crippen molar-refractivity contribution >= 4 is 5.91 Å². The van der Waals surface area contributed by atoms with Crippen LogP contribution < -0.4 is 10.6 Å². The predicted molar refractivity (Wildman–Crippen MR) is 64.2 cm³/mol. The quantitative estimate of drug-likeness (QED) is 0.667. The first-order valence-electron chi connectivity index (χ1n) is 6.08. The summed E-state index contributed by atoms with van der Waals surface area (Å²) in [6, 6.07) is 0. The van der Waals surface area contributed by atoms with E-state index in [9.17, 15) is 9.90 Å². The normalized spacial score (nSPS) is 20.5. The lowest BCUT2D eigenvalue weighted by atomic mass is 9.81. The molecule has 0 saturated heterocycles. The molecule has 16 heavy (non-hydrogen) atoms. The Morgan fingerprint density at radius 2 is 1.88 bits per heavy atom. The minimum atomic E-state index is -0.584. The molecule has 0 heterocycles. The van der Waals surface area contributed by atoms with Gasteiger partial charge in [0.2, 0.25) is 5.91 Å². The highest BCUT2D eigenvalue weighted by atomic mass is 16.3. The largest absolute Gasteiger partial charge is 0.394 e. The summed E-state index contributed by atoms with van der Waals surface area (Å²) in [4.78, 5) is 12.0. The summed E-state index contributed by atoms with van der Waals surface area (Å²) in [5.41, 5.74) is -0.969. The van der Waals surface area contributed by atoms with Crippen LogP contribution in [-0.4, -0.2) is 35.7 Å². The van der Waals surface area contributed by atoms with Gasteiger partial charge in [0.1, 0.15) is 0 Å². The molecule has 0 aromatic rings. The molecule has 0 radical (unpaired) electrons. The minimum Gasteiger partial charge on any atom is -0.394 e. The Balaban J connectivity index is 2.66. The van der Waals surface area contributed by atoms with Crippen LogP contribution >= 0.6 is 0 Å². The van der Waals surface area contributed by atoms with Crippen LogP contribution in [-0.2, 0) is 4.79 Å². The number of amides is 1. The van der Waals surface area contributed by atoms with Crippen molar-refractivity contribution in [3.63, 3.8) is 0 Å². The van der Waals surface area contributed by atoms with E-state index in [0.717, 1.165) is 25.7 Å². The highest BCUT2D eigenvalue weighted by molar-refractivity contribution is 5.86. The second-order valence-corrected chi connectivity index (χ2v) is 5.33. The van der Waals surface area contributed by atoms with E-state index in [-0.39, 0.29) is 18.1 Å². The van der Waals surface area contributed by atoms with E-state index in [2.05, 4.69) is 10.6 Å². The Bertz CT molecular complexity index is 245. The molecule has 0 spiro atoms. The van der Waals surface area contributed by atoms with Crippen LogP contribution in [0.15, 0.2) is 0 Å². The van der Waals surface area contributed by atoms with Crippen LogP contribution in [0.3, 0.4) is 0 Å². The van der Waals surface area contributed by atoms with Crippen LogP contribution in [0.4, 0.5) is 0 Å². The highest BCUT2D eigenvalue weighted by Gasteiger charge is 2.36. The van der Waals surface area contributed by atoms with Crippen LogP contribution in [0, 0.1) is 0 Å². The molecule has 4 heteroatoms. The van der Waals surface area contributed by atoms with Crippen molar-refractivity contribution in [1.82, 2.24) is 10.6 Å². The first-order valence-corrected chi connectivity index (χ1v) is 6.08. The van der Waals surface area contributed by atoms with E-state index in [4.69, 9.17) is 0 Å². The fraction of sp³-hybridized carbons (Fsp3) is 0.917. The molecule has 1 aliphatic carbocycles. The molecule has 1 aliphatic rings. The monoisotopic (exact) mass is 228 g/mol. The Morgan fingerprint density at radius 3 is 2.31 bits per heavy atom. The Hall–Kier alpha value is -0.610. The molecule has 0 unspecified atom stereocenters. The summed E-state index contributed by atoms with van der Waals surface area (Å²) in [7, 11) is 1.77. The summed E-state index contributed by atoms with van der Waals surface area (Å²) in [5, 5.41) is 15.5. The maximum Gasteiger partial charge on any atom is 0.240 e. The summed E-state index contributed by atoms with van der Waals surface area (Å²) in [6.45, 7) is 3.73. The van der Waals surface area contributed by atoms with E-state index >= 15 is 0 Å². The lowest BCUT2D eigenvalue weighted by molar-refractivity contribution is -0.129. The van der Waals surface area contributed by atoms with Gasteiger partial charge in [0.15, 0.2) is 0 Å². The zero-order valence-corrected chi connectivity index (χ0v) is 10.6. The van der Waals surface area contributed by atoms with Gasteiger partial charge in [-0.15, -0.1) is 0 Å². The summed E-state index contributed by atoms with van der Waals surface area (Å²) in [6.07, 6.45) is 5.14. The van der Waals surface area contributed by atoms with Gasteiger partial charge in [-0.05, 0) is 33.7 Å². The molecule has 3 N–H and O–H groups in total. The summed E-state index contributed by atoms with van der Waals surface area (Å²) >= 11 is 0. The lowest BCUT2D eigenvalue weighted by Crippen LogP contribution is -2.60. The molecule has 0 aromatic carbocycles. The van der Waals surface area contributed by atoms with E-state index in [1.165, 1.54) is 6.42 Å². The fourth-order valence-corrected chi connectivity index (χ4v) is 2.06. The van der Waals surface area contributed by atoms with Gasteiger partial charge in [0.05, 0.1) is 17.7 Å². The second-order valence-electron chi connectivity index (χ2n) is 5.33. The first kappa shape index (κ1) is 13.5. The summed E-state index contributed by atoms with van der Waals surface area (Å²) in [5.74, 6) is -0.0362. The summed E-state index contributed by atoms with van der Waals surface area (Å²) < 4.78 is 0. The number of carbonyl (C=O) groups excluding carboxylic acids is 1. The van der Waals surface area contributed by atoms with Gasteiger partial charge in [0.25, 0.3) is 0 Å². The maximum atomic E-state index is 12.0. The number of aliphatic hydroxyl groups excluding tert-OH is 1. The third-order valence-electron chi connectivity index (χ3n) is 3.68. The second kappa shape index (κ2) is 5.15.